The third-order valence-electron chi connectivity index (χ3n) is 4.80. The van der Waals surface area contributed by atoms with Crippen LogP contribution in [0.2, 0.25) is 0 Å². The molecule has 0 N–H and O–H groups in total. The van der Waals surface area contributed by atoms with Crippen LogP contribution >= 0.6 is 0 Å². The van der Waals surface area contributed by atoms with E-state index in [2.05, 4.69) is 11.1 Å². The average Bonchev–Trinajstić information content (AvgIpc) is 3.13. The van der Waals surface area contributed by atoms with Gasteiger partial charge in [-0.2, -0.15) is 5.26 Å². The first kappa shape index (κ1) is 17.3. The summed E-state index contributed by atoms with van der Waals surface area (Å²) >= 11 is 0. The van der Waals surface area contributed by atoms with Gasteiger partial charge < -0.3 is 0 Å². The Labute approximate surface area is 158 Å². The van der Waals surface area contributed by atoms with E-state index in [1.165, 1.54) is 4.31 Å². The number of nitrogens with zero attached hydrogens (tertiary/aromatic N) is 3. The van der Waals surface area contributed by atoms with E-state index < -0.39 is 10.0 Å². The van der Waals surface area contributed by atoms with Crippen molar-refractivity contribution in [2.45, 2.75) is 18.2 Å². The highest BCUT2D eigenvalue weighted by molar-refractivity contribution is 7.92. The molecular formula is C21H17N3O2S. The highest BCUT2D eigenvalue weighted by Gasteiger charge is 2.32. The summed E-state index contributed by atoms with van der Waals surface area (Å²) in [6.07, 6.45) is 3.99. The average molecular weight is 375 g/mol. The predicted molar refractivity (Wildman–Crippen MR) is 104 cm³/mol. The lowest BCUT2D eigenvalue weighted by Gasteiger charge is -2.19. The van der Waals surface area contributed by atoms with Gasteiger partial charge in [0.15, 0.2) is 0 Å². The number of benzene rings is 2. The van der Waals surface area contributed by atoms with Crippen LogP contribution in [0.5, 0.6) is 0 Å². The fraction of sp³-hybridized carbons (Fsp3) is 0.143. The Bertz CT molecular complexity index is 1150. The SMILES string of the molecule is Cc1ccc(S(=O)(=O)N2CCc3c(-c4ccc(C#N)cc4)cncc32)cc1. The molecule has 0 saturated heterocycles. The molecule has 6 heteroatoms. The van der Waals surface area contributed by atoms with E-state index in [1.54, 1.807) is 48.8 Å². The Morgan fingerprint density at radius 2 is 1.74 bits per heavy atom. The van der Waals surface area contributed by atoms with Gasteiger partial charge in [0.2, 0.25) is 0 Å². The molecule has 1 aliphatic heterocycles. The Morgan fingerprint density at radius 1 is 1.04 bits per heavy atom. The molecule has 0 amide bonds. The van der Waals surface area contributed by atoms with Crippen molar-refractivity contribution in [1.29, 1.82) is 5.26 Å². The van der Waals surface area contributed by atoms with Crippen molar-refractivity contribution < 1.29 is 8.42 Å². The molecule has 1 aliphatic rings. The van der Waals surface area contributed by atoms with Crippen LogP contribution in [0, 0.1) is 18.3 Å². The first-order valence-corrected chi connectivity index (χ1v) is 10.0. The number of nitriles is 1. The minimum absolute atomic E-state index is 0.282. The molecule has 5 nitrogen and oxygen atoms in total. The minimum Gasteiger partial charge on any atom is -0.264 e. The molecule has 0 bridgehead atoms. The highest BCUT2D eigenvalue weighted by atomic mass is 32.2. The zero-order valence-electron chi connectivity index (χ0n) is 14.8. The van der Waals surface area contributed by atoms with Crippen molar-refractivity contribution in [3.05, 3.63) is 77.6 Å². The third kappa shape index (κ3) is 2.96. The van der Waals surface area contributed by atoms with E-state index in [0.29, 0.717) is 24.2 Å². The molecule has 0 aliphatic carbocycles. The molecule has 3 aromatic rings. The van der Waals surface area contributed by atoms with Crippen LogP contribution < -0.4 is 4.31 Å². The van der Waals surface area contributed by atoms with E-state index in [1.807, 2.05) is 19.1 Å². The van der Waals surface area contributed by atoms with Gasteiger partial charge in [-0.3, -0.25) is 9.29 Å². The lowest BCUT2D eigenvalue weighted by Crippen LogP contribution is -2.29. The first-order chi connectivity index (χ1) is 13.0. The minimum atomic E-state index is -3.63. The maximum atomic E-state index is 13.1. The number of aryl methyl sites for hydroxylation is 1. The Morgan fingerprint density at radius 3 is 2.41 bits per heavy atom. The molecule has 0 spiro atoms. The van der Waals surface area contributed by atoms with Crippen molar-refractivity contribution in [2.75, 3.05) is 10.8 Å². The van der Waals surface area contributed by atoms with E-state index in [0.717, 1.165) is 22.3 Å². The summed E-state index contributed by atoms with van der Waals surface area (Å²) in [5, 5.41) is 8.97. The number of rotatable bonds is 3. The molecular weight excluding hydrogens is 358 g/mol. The van der Waals surface area contributed by atoms with Gasteiger partial charge >= 0.3 is 0 Å². The standard InChI is InChI=1S/C21H17N3O2S/c1-15-2-8-18(9-3-15)27(25,26)24-11-10-19-20(13-23-14-21(19)24)17-6-4-16(12-22)5-7-17/h2-9,13-14H,10-11H2,1H3. The zero-order valence-corrected chi connectivity index (χ0v) is 15.6. The molecule has 0 fully saturated rings. The van der Waals surface area contributed by atoms with Crippen molar-refractivity contribution in [3.63, 3.8) is 0 Å². The van der Waals surface area contributed by atoms with Crippen LogP contribution in [0.1, 0.15) is 16.7 Å². The lowest BCUT2D eigenvalue weighted by atomic mass is 9.99. The van der Waals surface area contributed by atoms with Gasteiger partial charge in [0.25, 0.3) is 10.0 Å². The van der Waals surface area contributed by atoms with Crippen molar-refractivity contribution in [3.8, 4) is 17.2 Å². The molecule has 134 valence electrons. The smallest absolute Gasteiger partial charge is 0.264 e. The zero-order chi connectivity index (χ0) is 19.0. The van der Waals surface area contributed by atoms with E-state index >= 15 is 0 Å². The number of sulfonamides is 1. The van der Waals surface area contributed by atoms with Gasteiger partial charge in [0, 0.05) is 18.3 Å². The highest BCUT2D eigenvalue weighted by Crippen LogP contribution is 2.38. The largest absolute Gasteiger partial charge is 0.264 e. The van der Waals surface area contributed by atoms with Crippen molar-refractivity contribution in [2.24, 2.45) is 0 Å². The molecule has 0 radical (unpaired) electrons. The summed E-state index contributed by atoms with van der Waals surface area (Å²) in [5.41, 5.74) is 5.01. The summed E-state index contributed by atoms with van der Waals surface area (Å²) in [6.45, 7) is 2.32. The van der Waals surface area contributed by atoms with Gasteiger partial charge in [0.1, 0.15) is 0 Å². The van der Waals surface area contributed by atoms with E-state index in [-0.39, 0.29) is 4.90 Å². The maximum absolute atomic E-state index is 13.1. The maximum Gasteiger partial charge on any atom is 0.264 e. The Balaban J connectivity index is 1.77. The third-order valence-corrected chi connectivity index (χ3v) is 6.63. The van der Waals surface area contributed by atoms with Crippen LogP contribution in [0.25, 0.3) is 11.1 Å². The second-order valence-corrected chi connectivity index (χ2v) is 8.38. The molecule has 4 rings (SSSR count). The van der Waals surface area contributed by atoms with E-state index in [4.69, 9.17) is 5.26 Å². The quantitative estimate of drug-likeness (QED) is 0.700. The molecule has 2 aromatic carbocycles. The molecule has 27 heavy (non-hydrogen) atoms. The van der Waals surface area contributed by atoms with Crippen LogP contribution in [0.15, 0.2) is 65.8 Å². The van der Waals surface area contributed by atoms with Gasteiger partial charge in [-0.05, 0) is 48.7 Å². The van der Waals surface area contributed by atoms with Gasteiger partial charge in [-0.1, -0.05) is 29.8 Å². The summed E-state index contributed by atoms with van der Waals surface area (Å²) in [6, 6.07) is 16.2. The van der Waals surface area contributed by atoms with Gasteiger partial charge in [-0.15, -0.1) is 0 Å². The van der Waals surface area contributed by atoms with Gasteiger partial charge in [0.05, 0.1) is 28.4 Å². The summed E-state index contributed by atoms with van der Waals surface area (Å²) < 4.78 is 27.6. The molecule has 0 saturated carbocycles. The first-order valence-electron chi connectivity index (χ1n) is 8.57. The molecule has 0 atom stereocenters. The normalized spacial score (nSPS) is 13.3. The molecule has 0 unspecified atom stereocenters. The van der Waals surface area contributed by atoms with Crippen LogP contribution in [-0.2, 0) is 16.4 Å². The number of pyridine rings is 1. The summed E-state index contributed by atoms with van der Waals surface area (Å²) in [4.78, 5) is 4.56. The van der Waals surface area contributed by atoms with Crippen LogP contribution in [-0.4, -0.2) is 19.9 Å². The topological polar surface area (TPSA) is 74.1 Å². The Hall–Kier alpha value is -3.17. The number of hydrogen-bond acceptors (Lipinski definition) is 4. The number of anilines is 1. The summed E-state index contributed by atoms with van der Waals surface area (Å²) in [7, 11) is -3.63. The fourth-order valence-electron chi connectivity index (χ4n) is 3.35. The lowest BCUT2D eigenvalue weighted by molar-refractivity contribution is 0.592. The monoisotopic (exact) mass is 375 g/mol. The van der Waals surface area contributed by atoms with Crippen LogP contribution in [0.4, 0.5) is 5.69 Å². The molecule has 1 aromatic heterocycles. The number of hydrogen-bond donors (Lipinski definition) is 0. The number of fused-ring (bicyclic) bond motifs is 1. The molecule has 2 heterocycles. The van der Waals surface area contributed by atoms with E-state index in [9.17, 15) is 8.42 Å². The van der Waals surface area contributed by atoms with Crippen molar-refractivity contribution in [1.82, 2.24) is 4.98 Å². The van der Waals surface area contributed by atoms with Crippen molar-refractivity contribution >= 4 is 15.7 Å². The number of aromatic nitrogens is 1. The summed E-state index contributed by atoms with van der Waals surface area (Å²) in [5.74, 6) is 0. The second kappa shape index (κ2) is 6.53. The fourth-order valence-corrected chi connectivity index (χ4v) is 4.83. The Kier molecular flexibility index (Phi) is 4.17. The predicted octanol–water partition coefficient (Wildman–Crippen LogP) is 3.68. The second-order valence-electron chi connectivity index (χ2n) is 6.51. The van der Waals surface area contributed by atoms with Gasteiger partial charge in [-0.25, -0.2) is 8.42 Å². The van der Waals surface area contributed by atoms with Crippen LogP contribution in [0.3, 0.4) is 0 Å².